The van der Waals surface area contributed by atoms with Crippen LogP contribution in [0.25, 0.3) is 11.0 Å². The van der Waals surface area contributed by atoms with Crippen LogP contribution in [-0.4, -0.2) is 34.4 Å². The maximum atomic E-state index is 12.4. The van der Waals surface area contributed by atoms with Gasteiger partial charge in [-0.05, 0) is 36.2 Å². The van der Waals surface area contributed by atoms with E-state index >= 15 is 0 Å². The van der Waals surface area contributed by atoms with Crippen LogP contribution in [0.15, 0.2) is 48.5 Å². The first-order chi connectivity index (χ1) is 11.7. The summed E-state index contributed by atoms with van der Waals surface area (Å²) in [7, 11) is 1.83. The largest absolute Gasteiger partial charge is 0.342 e. The predicted octanol–water partition coefficient (Wildman–Crippen LogP) is 3.15. The molecule has 0 fully saturated rings. The summed E-state index contributed by atoms with van der Waals surface area (Å²) in [5.41, 5.74) is 9.34. The number of hydrogen-bond donors (Lipinski definition) is 2. The molecule has 0 aliphatic heterocycles. The third-order valence-corrected chi connectivity index (χ3v) is 4.13. The minimum Gasteiger partial charge on any atom is -0.342 e. The standard InChI is InChI=1S/C19H22N4O.ClH/c1-23(19(24)15-10-8-14(13-20)9-11-15)12-4-7-18-21-16-5-2-3-6-17(16)22-18;/h2-3,5-6,8-11H,4,7,12-13,20H2,1H3,(H,21,22);1H. The first-order valence-corrected chi connectivity index (χ1v) is 8.15. The fourth-order valence-electron chi connectivity index (χ4n) is 2.71. The van der Waals surface area contributed by atoms with E-state index in [1.807, 2.05) is 55.6 Å². The molecule has 1 heterocycles. The molecule has 0 spiro atoms. The third kappa shape index (κ3) is 4.59. The highest BCUT2D eigenvalue weighted by molar-refractivity contribution is 5.94. The average Bonchev–Trinajstić information content (AvgIpc) is 3.03. The van der Waals surface area contributed by atoms with Crippen LogP contribution in [-0.2, 0) is 13.0 Å². The van der Waals surface area contributed by atoms with Crippen molar-refractivity contribution in [1.29, 1.82) is 0 Å². The molecule has 0 aliphatic carbocycles. The molecule has 3 N–H and O–H groups in total. The number of aromatic nitrogens is 2. The molecule has 1 amide bonds. The second kappa shape index (κ2) is 8.65. The van der Waals surface area contributed by atoms with Crippen molar-refractivity contribution in [2.75, 3.05) is 13.6 Å². The van der Waals surface area contributed by atoms with Gasteiger partial charge in [-0.2, -0.15) is 0 Å². The summed E-state index contributed by atoms with van der Waals surface area (Å²) < 4.78 is 0. The van der Waals surface area contributed by atoms with E-state index < -0.39 is 0 Å². The third-order valence-electron chi connectivity index (χ3n) is 4.13. The van der Waals surface area contributed by atoms with E-state index in [0.717, 1.165) is 35.3 Å². The van der Waals surface area contributed by atoms with Crippen LogP contribution in [0.5, 0.6) is 0 Å². The van der Waals surface area contributed by atoms with Gasteiger partial charge in [-0.25, -0.2) is 4.98 Å². The number of para-hydroxylation sites is 2. The normalized spacial score (nSPS) is 10.5. The van der Waals surface area contributed by atoms with Crippen LogP contribution in [0, 0.1) is 0 Å². The Morgan fingerprint density at radius 3 is 2.56 bits per heavy atom. The predicted molar refractivity (Wildman–Crippen MR) is 103 cm³/mol. The van der Waals surface area contributed by atoms with E-state index in [2.05, 4.69) is 9.97 Å². The first-order valence-electron chi connectivity index (χ1n) is 8.15. The van der Waals surface area contributed by atoms with E-state index in [1.165, 1.54) is 0 Å². The number of carbonyl (C=O) groups excluding carboxylic acids is 1. The first kappa shape index (κ1) is 19.0. The van der Waals surface area contributed by atoms with Gasteiger partial charge in [0.2, 0.25) is 0 Å². The zero-order valence-corrected chi connectivity index (χ0v) is 15.1. The van der Waals surface area contributed by atoms with Crippen LogP contribution in [0.2, 0.25) is 0 Å². The highest BCUT2D eigenvalue weighted by atomic mass is 35.5. The molecule has 2 aromatic carbocycles. The lowest BCUT2D eigenvalue weighted by atomic mass is 10.1. The Bertz CT molecular complexity index is 796. The summed E-state index contributed by atoms with van der Waals surface area (Å²) >= 11 is 0. The lowest BCUT2D eigenvalue weighted by Crippen LogP contribution is -2.28. The van der Waals surface area contributed by atoms with Gasteiger partial charge in [0, 0.05) is 32.1 Å². The molecular weight excluding hydrogens is 336 g/mol. The number of benzene rings is 2. The number of aromatic amines is 1. The molecule has 132 valence electrons. The van der Waals surface area contributed by atoms with Crippen molar-refractivity contribution in [2.24, 2.45) is 5.73 Å². The Hall–Kier alpha value is -2.37. The molecule has 0 aliphatic rings. The SMILES string of the molecule is CN(CCCc1nc2ccccc2[nH]1)C(=O)c1ccc(CN)cc1.Cl. The highest BCUT2D eigenvalue weighted by Gasteiger charge is 2.11. The van der Waals surface area contributed by atoms with E-state index in [9.17, 15) is 4.79 Å². The summed E-state index contributed by atoms with van der Waals surface area (Å²) in [4.78, 5) is 22.0. The summed E-state index contributed by atoms with van der Waals surface area (Å²) in [6.45, 7) is 1.18. The van der Waals surface area contributed by atoms with E-state index in [1.54, 1.807) is 4.90 Å². The molecule has 0 radical (unpaired) electrons. The molecule has 0 unspecified atom stereocenters. The number of H-pyrrole nitrogens is 1. The number of imidazole rings is 1. The summed E-state index contributed by atoms with van der Waals surface area (Å²) in [5.74, 6) is 0.993. The molecule has 5 nitrogen and oxygen atoms in total. The van der Waals surface area contributed by atoms with E-state index in [0.29, 0.717) is 18.7 Å². The van der Waals surface area contributed by atoms with Crippen molar-refractivity contribution in [2.45, 2.75) is 19.4 Å². The number of amides is 1. The second-order valence-electron chi connectivity index (χ2n) is 5.93. The van der Waals surface area contributed by atoms with Crippen molar-refractivity contribution < 1.29 is 4.79 Å². The number of nitrogens with two attached hydrogens (primary N) is 1. The van der Waals surface area contributed by atoms with Crippen molar-refractivity contribution in [1.82, 2.24) is 14.9 Å². The minimum atomic E-state index is 0. The van der Waals surface area contributed by atoms with Crippen LogP contribution < -0.4 is 5.73 Å². The molecule has 3 rings (SSSR count). The molecule has 0 saturated heterocycles. The lowest BCUT2D eigenvalue weighted by Gasteiger charge is -2.17. The molecule has 6 heteroatoms. The number of fused-ring (bicyclic) bond motifs is 1. The Labute approximate surface area is 153 Å². The van der Waals surface area contributed by atoms with Gasteiger partial charge in [0.25, 0.3) is 5.91 Å². The summed E-state index contributed by atoms with van der Waals surface area (Å²) in [5, 5.41) is 0. The van der Waals surface area contributed by atoms with Gasteiger partial charge < -0.3 is 15.6 Å². The van der Waals surface area contributed by atoms with Gasteiger partial charge >= 0.3 is 0 Å². The smallest absolute Gasteiger partial charge is 0.253 e. The van der Waals surface area contributed by atoms with Gasteiger partial charge in [0.15, 0.2) is 0 Å². The Balaban J connectivity index is 0.00000225. The summed E-state index contributed by atoms with van der Waals surface area (Å²) in [6.07, 6.45) is 1.68. The average molecular weight is 359 g/mol. The number of halogens is 1. The minimum absolute atomic E-state index is 0. The molecule has 1 aromatic heterocycles. The fraction of sp³-hybridized carbons (Fsp3) is 0.263. The molecule has 0 bridgehead atoms. The summed E-state index contributed by atoms with van der Waals surface area (Å²) in [6, 6.07) is 15.5. The Morgan fingerprint density at radius 2 is 1.88 bits per heavy atom. The number of nitrogens with one attached hydrogen (secondary N) is 1. The molecule has 0 atom stereocenters. The van der Waals surface area contributed by atoms with E-state index in [4.69, 9.17) is 5.73 Å². The van der Waals surface area contributed by atoms with Gasteiger partial charge in [-0.3, -0.25) is 4.79 Å². The van der Waals surface area contributed by atoms with Crippen LogP contribution >= 0.6 is 12.4 Å². The van der Waals surface area contributed by atoms with Crippen LogP contribution in [0.1, 0.15) is 28.2 Å². The van der Waals surface area contributed by atoms with Gasteiger partial charge in [-0.1, -0.05) is 24.3 Å². The van der Waals surface area contributed by atoms with Crippen molar-refractivity contribution >= 4 is 29.3 Å². The quantitative estimate of drug-likeness (QED) is 0.710. The zero-order valence-electron chi connectivity index (χ0n) is 14.2. The van der Waals surface area contributed by atoms with Crippen LogP contribution in [0.3, 0.4) is 0 Å². The number of rotatable bonds is 6. The topological polar surface area (TPSA) is 75.0 Å². The zero-order chi connectivity index (χ0) is 16.9. The van der Waals surface area contributed by atoms with E-state index in [-0.39, 0.29) is 18.3 Å². The molecule has 3 aromatic rings. The Kier molecular flexibility index (Phi) is 6.56. The number of aryl methyl sites for hydroxylation is 1. The maximum absolute atomic E-state index is 12.4. The number of carbonyl (C=O) groups is 1. The van der Waals surface area contributed by atoms with Gasteiger partial charge in [0.05, 0.1) is 11.0 Å². The Morgan fingerprint density at radius 1 is 1.16 bits per heavy atom. The maximum Gasteiger partial charge on any atom is 0.253 e. The molecule has 0 saturated carbocycles. The lowest BCUT2D eigenvalue weighted by molar-refractivity contribution is 0.0793. The fourth-order valence-corrected chi connectivity index (χ4v) is 2.71. The van der Waals surface area contributed by atoms with Gasteiger partial charge in [-0.15, -0.1) is 12.4 Å². The highest BCUT2D eigenvalue weighted by Crippen LogP contribution is 2.12. The second-order valence-corrected chi connectivity index (χ2v) is 5.93. The van der Waals surface area contributed by atoms with Gasteiger partial charge in [0.1, 0.15) is 5.82 Å². The number of nitrogens with zero attached hydrogens (tertiary/aromatic N) is 2. The monoisotopic (exact) mass is 358 g/mol. The molecular formula is C19H23ClN4O. The van der Waals surface area contributed by atoms with Crippen molar-refractivity contribution in [3.63, 3.8) is 0 Å². The number of hydrogen-bond acceptors (Lipinski definition) is 3. The molecule has 25 heavy (non-hydrogen) atoms. The van der Waals surface area contributed by atoms with Crippen LogP contribution in [0.4, 0.5) is 0 Å². The van der Waals surface area contributed by atoms with Crippen molar-refractivity contribution in [3.8, 4) is 0 Å². The van der Waals surface area contributed by atoms with Crippen molar-refractivity contribution in [3.05, 3.63) is 65.5 Å².